The van der Waals surface area contributed by atoms with Crippen LogP contribution < -0.4 is 11.1 Å². The van der Waals surface area contributed by atoms with Gasteiger partial charge in [-0.25, -0.2) is 0 Å². The fourth-order valence-electron chi connectivity index (χ4n) is 2.19. The van der Waals surface area contributed by atoms with E-state index in [4.69, 9.17) is 25.3 Å². The van der Waals surface area contributed by atoms with Crippen molar-refractivity contribution in [1.29, 1.82) is 0 Å². The van der Waals surface area contributed by atoms with E-state index in [9.17, 15) is 13.9 Å². The molecule has 2 atom stereocenters. The number of hydrogen-bond acceptors (Lipinski definition) is 5. The molecule has 1 unspecified atom stereocenters. The van der Waals surface area contributed by atoms with Gasteiger partial charge in [0.25, 0.3) is 0 Å². The predicted molar refractivity (Wildman–Crippen MR) is 71.1 cm³/mol. The quantitative estimate of drug-likeness (QED) is 0.324. The average Bonchev–Trinajstić information content (AvgIpc) is 2.77. The van der Waals surface area contributed by atoms with Crippen LogP contribution in [-0.2, 0) is 13.9 Å². The Morgan fingerprint density at radius 2 is 1.75 bits per heavy atom. The molecule has 0 aromatic carbocycles. The minimum atomic E-state index is -4.95. The largest absolute Gasteiger partial charge is 0.340 e. The molecule has 118 valence electrons. The molecule has 0 saturated carbocycles. The van der Waals surface area contributed by atoms with Crippen molar-refractivity contribution >= 4 is 21.0 Å². The van der Waals surface area contributed by atoms with E-state index in [1.54, 1.807) is 0 Å². The molecule has 20 heavy (non-hydrogen) atoms. The lowest BCUT2D eigenvalue weighted by Crippen LogP contribution is -2.43. The monoisotopic (exact) mass is 330 g/mol. The smallest absolute Gasteiger partial charge is 0.324 e. The summed E-state index contributed by atoms with van der Waals surface area (Å²) in [4.78, 5) is 47.7. The molecule has 0 spiro atoms. The van der Waals surface area contributed by atoms with Gasteiger partial charge in [-0.3, -0.25) is 13.9 Å². The standard InChI is InChI=1S/C9H20N2O7P2/c10-6(9(12)7-2-1-5-11-7)3-4-8(19(13,14)15)20(16,17)18/h6-8,11H,1-5,10H2,(H2,13,14,15)(H2,16,17,18)/t6?,7-/m1/s1. The van der Waals surface area contributed by atoms with Crippen LogP contribution >= 0.6 is 15.2 Å². The van der Waals surface area contributed by atoms with Crippen molar-refractivity contribution < 1.29 is 33.5 Å². The van der Waals surface area contributed by atoms with Crippen LogP contribution in [0, 0.1) is 0 Å². The second-order valence-electron chi connectivity index (χ2n) is 4.89. The summed E-state index contributed by atoms with van der Waals surface area (Å²) in [6, 6.07) is -1.38. The van der Waals surface area contributed by atoms with Gasteiger partial charge in [-0.2, -0.15) is 0 Å². The van der Waals surface area contributed by atoms with Crippen molar-refractivity contribution in [2.24, 2.45) is 5.73 Å². The van der Waals surface area contributed by atoms with Gasteiger partial charge >= 0.3 is 15.2 Å². The van der Waals surface area contributed by atoms with E-state index < -0.39 is 33.1 Å². The van der Waals surface area contributed by atoms with Gasteiger partial charge in [0.05, 0.1) is 12.1 Å². The third-order valence-corrected chi connectivity index (χ3v) is 7.16. The maximum atomic E-state index is 11.9. The van der Waals surface area contributed by atoms with Gasteiger partial charge in [-0.1, -0.05) is 0 Å². The van der Waals surface area contributed by atoms with Gasteiger partial charge in [0.2, 0.25) is 0 Å². The highest BCUT2D eigenvalue weighted by molar-refractivity contribution is 7.70. The molecule has 0 radical (unpaired) electrons. The molecule has 1 aliphatic heterocycles. The molecule has 0 aromatic heterocycles. The summed E-state index contributed by atoms with van der Waals surface area (Å²) < 4.78 is 22.2. The third-order valence-electron chi connectivity index (χ3n) is 3.28. The first-order valence-corrected chi connectivity index (χ1v) is 9.53. The Kier molecular flexibility index (Phi) is 6.07. The fourth-order valence-corrected chi connectivity index (χ4v) is 4.73. The maximum Gasteiger partial charge on any atom is 0.340 e. The van der Waals surface area contributed by atoms with Crippen molar-refractivity contribution in [3.8, 4) is 0 Å². The van der Waals surface area contributed by atoms with Crippen molar-refractivity contribution in [2.75, 3.05) is 6.54 Å². The lowest BCUT2D eigenvalue weighted by atomic mass is 10.0. The van der Waals surface area contributed by atoms with Gasteiger partial charge in [0, 0.05) is 0 Å². The van der Waals surface area contributed by atoms with Crippen LogP contribution in [-0.4, -0.2) is 49.4 Å². The normalized spacial score (nSPS) is 22.2. The van der Waals surface area contributed by atoms with Crippen LogP contribution in [0.5, 0.6) is 0 Å². The van der Waals surface area contributed by atoms with Gasteiger partial charge in [0.15, 0.2) is 11.2 Å². The molecule has 1 heterocycles. The lowest BCUT2D eigenvalue weighted by molar-refractivity contribution is -0.122. The van der Waals surface area contributed by atoms with Crippen molar-refractivity contribution in [2.45, 2.75) is 43.2 Å². The molecular weight excluding hydrogens is 310 g/mol. The highest BCUT2D eigenvalue weighted by Crippen LogP contribution is 2.61. The zero-order chi connectivity index (χ0) is 15.6. The zero-order valence-corrected chi connectivity index (χ0v) is 12.5. The molecule has 1 rings (SSSR count). The molecule has 7 N–H and O–H groups in total. The van der Waals surface area contributed by atoms with Crippen LogP contribution in [0.25, 0.3) is 0 Å². The molecular formula is C9H20N2O7P2. The molecule has 0 aromatic rings. The van der Waals surface area contributed by atoms with Gasteiger partial charge in [-0.05, 0) is 32.2 Å². The van der Waals surface area contributed by atoms with Crippen LogP contribution in [0.1, 0.15) is 25.7 Å². The molecule has 0 amide bonds. The first-order chi connectivity index (χ1) is 9.03. The van der Waals surface area contributed by atoms with E-state index in [2.05, 4.69) is 5.32 Å². The molecule has 0 aliphatic carbocycles. The second-order valence-corrected chi connectivity index (χ2v) is 8.90. The fraction of sp³-hybridized carbons (Fsp3) is 0.889. The SMILES string of the molecule is NC(CCC(P(=O)(O)O)P(=O)(O)O)C(=O)[C@H]1CCCN1. The first-order valence-electron chi connectivity index (χ1n) is 6.16. The number of Topliss-reactive ketones (excluding diaryl/α,β-unsaturated/α-hetero) is 1. The minimum absolute atomic E-state index is 0.183. The van der Waals surface area contributed by atoms with Crippen LogP contribution in [0.3, 0.4) is 0 Å². The summed E-state index contributed by atoms with van der Waals surface area (Å²) in [6.45, 7) is 0.705. The highest BCUT2D eigenvalue weighted by Gasteiger charge is 2.43. The third kappa shape index (κ3) is 5.02. The van der Waals surface area contributed by atoms with Crippen LogP contribution in [0.15, 0.2) is 0 Å². The molecule has 1 fully saturated rings. The number of ketones is 1. The number of nitrogens with one attached hydrogen (secondary N) is 1. The van der Waals surface area contributed by atoms with Gasteiger partial charge in [-0.15, -0.1) is 0 Å². The number of rotatable bonds is 7. The Labute approximate surface area is 116 Å². The lowest BCUT2D eigenvalue weighted by Gasteiger charge is -2.21. The Balaban J connectivity index is 2.61. The number of nitrogens with two attached hydrogens (primary N) is 1. The Hall–Kier alpha value is -0.110. The van der Waals surface area contributed by atoms with Crippen molar-refractivity contribution in [1.82, 2.24) is 5.32 Å². The topological polar surface area (TPSA) is 170 Å². The minimum Gasteiger partial charge on any atom is -0.324 e. The molecule has 11 heteroatoms. The summed E-state index contributed by atoms with van der Waals surface area (Å²) in [5.74, 6) is -0.294. The Morgan fingerprint density at radius 3 is 2.15 bits per heavy atom. The molecule has 9 nitrogen and oxygen atoms in total. The average molecular weight is 330 g/mol. The van der Waals surface area contributed by atoms with Gasteiger partial charge < -0.3 is 30.6 Å². The Bertz CT molecular complexity index is 418. The van der Waals surface area contributed by atoms with Crippen molar-refractivity contribution in [3.05, 3.63) is 0 Å². The van der Waals surface area contributed by atoms with E-state index in [1.165, 1.54) is 0 Å². The first kappa shape index (κ1) is 17.9. The van der Waals surface area contributed by atoms with Crippen LogP contribution in [0.4, 0.5) is 0 Å². The summed E-state index contributed by atoms with van der Waals surface area (Å²) in [5, 5.41) is 0.843. The van der Waals surface area contributed by atoms with E-state index in [0.29, 0.717) is 13.0 Å². The molecule has 0 bridgehead atoms. The number of carbonyl (C=O) groups excluding carboxylic acids is 1. The number of hydrogen-bond donors (Lipinski definition) is 6. The predicted octanol–water partition coefficient (Wildman–Crippen LogP) is -0.904. The molecule has 1 saturated heterocycles. The van der Waals surface area contributed by atoms with E-state index in [-0.39, 0.29) is 18.2 Å². The van der Waals surface area contributed by atoms with E-state index in [0.717, 1.165) is 6.42 Å². The summed E-state index contributed by atoms with van der Waals surface area (Å²) in [7, 11) is -9.91. The summed E-state index contributed by atoms with van der Waals surface area (Å²) in [6.07, 6.45) is 0.801. The van der Waals surface area contributed by atoms with Gasteiger partial charge in [0.1, 0.15) is 0 Å². The molecule has 1 aliphatic rings. The number of carbonyl (C=O) groups is 1. The maximum absolute atomic E-state index is 11.9. The highest BCUT2D eigenvalue weighted by atomic mass is 31.2. The Morgan fingerprint density at radius 1 is 1.20 bits per heavy atom. The van der Waals surface area contributed by atoms with E-state index in [1.807, 2.05) is 0 Å². The van der Waals surface area contributed by atoms with Crippen molar-refractivity contribution in [3.63, 3.8) is 0 Å². The zero-order valence-electron chi connectivity index (χ0n) is 10.8. The van der Waals surface area contributed by atoms with E-state index >= 15 is 0 Å². The van der Waals surface area contributed by atoms with Crippen LogP contribution in [0.2, 0.25) is 0 Å². The summed E-state index contributed by atoms with van der Waals surface area (Å²) in [5.41, 5.74) is 5.64. The summed E-state index contributed by atoms with van der Waals surface area (Å²) >= 11 is 0. The second kappa shape index (κ2) is 6.77.